The van der Waals surface area contributed by atoms with E-state index in [1.165, 1.54) is 10.8 Å². The quantitative estimate of drug-likeness (QED) is 0.550. The number of aromatic nitrogens is 1. The van der Waals surface area contributed by atoms with E-state index in [1.54, 1.807) is 6.92 Å². The van der Waals surface area contributed by atoms with Crippen molar-refractivity contribution in [3.8, 4) is 11.8 Å². The average molecular weight is 448 g/mol. The molecule has 8 nitrogen and oxygen atoms in total. The fourth-order valence-electron chi connectivity index (χ4n) is 2.61. The van der Waals surface area contributed by atoms with Crippen LogP contribution in [0.25, 0.3) is 11.8 Å². The summed E-state index contributed by atoms with van der Waals surface area (Å²) in [6.07, 6.45) is 1.54. The molecule has 0 spiro atoms. The maximum absolute atomic E-state index is 12.7. The predicted octanol–water partition coefficient (Wildman–Crippen LogP) is 0.480. The number of nitriles is 1. The van der Waals surface area contributed by atoms with Crippen molar-refractivity contribution in [1.82, 2.24) is 14.8 Å². The number of likely N-dealkylation sites (N-methyl/N-ethyl adjacent to an activating group) is 1. The number of hydrogen-bond donors (Lipinski definition) is 2. The van der Waals surface area contributed by atoms with E-state index in [-0.39, 0.29) is 28.9 Å². The van der Waals surface area contributed by atoms with Crippen molar-refractivity contribution < 1.29 is 13.9 Å². The number of benzene rings is 1. The van der Waals surface area contributed by atoms with E-state index in [9.17, 15) is 19.2 Å². The number of nitrogens with zero attached hydrogens (tertiary/aromatic N) is 3. The van der Waals surface area contributed by atoms with Gasteiger partial charge >= 0.3 is 0 Å². The lowest BCUT2D eigenvalue weighted by Crippen LogP contribution is -2.35. The van der Waals surface area contributed by atoms with Crippen LogP contribution in [0.4, 0.5) is 10.1 Å². The van der Waals surface area contributed by atoms with E-state index in [2.05, 4.69) is 10.6 Å². The van der Waals surface area contributed by atoms with Crippen LogP contribution in [0.2, 0.25) is 0 Å². The second-order valence-corrected chi connectivity index (χ2v) is 7.75. The van der Waals surface area contributed by atoms with Crippen LogP contribution in [0, 0.1) is 11.3 Å². The van der Waals surface area contributed by atoms with Crippen LogP contribution in [-0.2, 0) is 11.3 Å². The molecular formula is C21H26FN5O3S. The first-order valence-electron chi connectivity index (χ1n) is 9.73. The standard InChI is InChI=1S/C21H26FN5O3S/c1-4-27-20(29)18(31-21(27)17(13-23)19(28)24-9-8-22)14-25-15-6-5-7-16(12-15)30-11-10-26(2)3/h5-7,12,14,25H,4,8-11H2,1-3H3,(H,24,28)/b18-14+,21-17-. The van der Waals surface area contributed by atoms with E-state index in [1.807, 2.05) is 49.3 Å². The highest BCUT2D eigenvalue weighted by Gasteiger charge is 2.14. The van der Waals surface area contributed by atoms with Crippen molar-refractivity contribution in [2.75, 3.05) is 45.8 Å². The van der Waals surface area contributed by atoms with Gasteiger partial charge in [0.1, 0.15) is 34.3 Å². The van der Waals surface area contributed by atoms with Crippen LogP contribution >= 0.6 is 11.3 Å². The predicted molar refractivity (Wildman–Crippen MR) is 120 cm³/mol. The van der Waals surface area contributed by atoms with Gasteiger partial charge < -0.3 is 20.3 Å². The number of rotatable bonds is 10. The molecule has 0 aliphatic heterocycles. The zero-order valence-corrected chi connectivity index (χ0v) is 18.6. The molecular weight excluding hydrogens is 421 g/mol. The summed E-state index contributed by atoms with van der Waals surface area (Å²) in [6, 6.07) is 9.16. The number of halogens is 1. The lowest BCUT2D eigenvalue weighted by atomic mass is 10.3. The van der Waals surface area contributed by atoms with Crippen LogP contribution in [-0.4, -0.2) is 55.8 Å². The number of amides is 1. The number of hydrogen-bond acceptors (Lipinski definition) is 7. The summed E-state index contributed by atoms with van der Waals surface area (Å²) in [5.41, 5.74) is 0.192. The molecule has 0 saturated heterocycles. The maximum atomic E-state index is 12.7. The average Bonchev–Trinajstić information content (AvgIpc) is 3.06. The first-order valence-corrected chi connectivity index (χ1v) is 10.6. The molecule has 0 unspecified atom stereocenters. The number of ether oxygens (including phenoxy) is 1. The highest BCUT2D eigenvalue weighted by molar-refractivity contribution is 7.07. The van der Waals surface area contributed by atoms with Gasteiger partial charge in [0.25, 0.3) is 11.5 Å². The fraction of sp³-hybridized carbons (Fsp3) is 0.381. The molecule has 10 heteroatoms. The number of alkyl halides is 1. The van der Waals surface area contributed by atoms with E-state index in [4.69, 9.17) is 4.74 Å². The third kappa shape index (κ3) is 6.67. The van der Waals surface area contributed by atoms with Gasteiger partial charge in [-0.05, 0) is 33.2 Å². The topological polar surface area (TPSA) is 99.4 Å². The summed E-state index contributed by atoms with van der Waals surface area (Å²) in [5.74, 6) is -0.00611. The Hall–Kier alpha value is -3.16. The molecule has 1 aromatic heterocycles. The highest BCUT2D eigenvalue weighted by Crippen LogP contribution is 2.17. The fourth-order valence-corrected chi connectivity index (χ4v) is 3.69. The van der Waals surface area contributed by atoms with Crippen molar-refractivity contribution >= 4 is 34.7 Å². The normalized spacial score (nSPS) is 12.5. The third-order valence-corrected chi connectivity index (χ3v) is 5.30. The van der Waals surface area contributed by atoms with Crippen molar-refractivity contribution in [3.05, 3.63) is 43.8 Å². The molecule has 0 aliphatic carbocycles. The molecule has 0 fully saturated rings. The van der Waals surface area contributed by atoms with Crippen LogP contribution in [0.3, 0.4) is 0 Å². The maximum Gasteiger partial charge on any atom is 0.270 e. The summed E-state index contributed by atoms with van der Waals surface area (Å²) in [6.45, 7) is 2.44. The summed E-state index contributed by atoms with van der Waals surface area (Å²) in [4.78, 5) is 26.9. The smallest absolute Gasteiger partial charge is 0.270 e. The van der Waals surface area contributed by atoms with Gasteiger partial charge in [-0.15, -0.1) is 11.3 Å². The van der Waals surface area contributed by atoms with Gasteiger partial charge in [-0.3, -0.25) is 14.2 Å². The molecule has 0 saturated carbocycles. The van der Waals surface area contributed by atoms with Gasteiger partial charge in [-0.25, -0.2) is 4.39 Å². The van der Waals surface area contributed by atoms with Crippen LogP contribution in [0.15, 0.2) is 29.1 Å². The summed E-state index contributed by atoms with van der Waals surface area (Å²) in [5, 5.41) is 14.8. The first kappa shape index (κ1) is 24.1. The van der Waals surface area contributed by atoms with E-state index in [0.717, 1.165) is 23.6 Å². The summed E-state index contributed by atoms with van der Waals surface area (Å²) >= 11 is 1.03. The van der Waals surface area contributed by atoms with Crippen LogP contribution in [0.1, 0.15) is 6.92 Å². The van der Waals surface area contributed by atoms with Gasteiger partial charge in [0.2, 0.25) is 0 Å². The Morgan fingerprint density at radius 2 is 2.19 bits per heavy atom. The van der Waals surface area contributed by atoms with Gasteiger partial charge in [0.15, 0.2) is 5.57 Å². The molecule has 0 radical (unpaired) electrons. The lowest BCUT2D eigenvalue weighted by molar-refractivity contribution is -0.115. The minimum atomic E-state index is -0.740. The molecule has 1 heterocycles. The number of thiazole rings is 1. The number of carbonyl (C=O) groups excluding carboxylic acids is 1. The van der Waals surface area contributed by atoms with Gasteiger partial charge in [0.05, 0.1) is 0 Å². The van der Waals surface area contributed by atoms with Crippen molar-refractivity contribution in [2.45, 2.75) is 13.5 Å². The molecule has 0 bridgehead atoms. The Morgan fingerprint density at radius 1 is 1.42 bits per heavy atom. The molecule has 2 aromatic rings. The first-order chi connectivity index (χ1) is 14.9. The van der Waals surface area contributed by atoms with Crippen LogP contribution < -0.4 is 30.1 Å². The Kier molecular flexibility index (Phi) is 9.24. The number of anilines is 1. The highest BCUT2D eigenvalue weighted by atomic mass is 32.1. The second-order valence-electron chi connectivity index (χ2n) is 6.72. The van der Waals surface area contributed by atoms with Gasteiger partial charge in [-0.2, -0.15) is 5.26 Å². The second kappa shape index (κ2) is 11.9. The van der Waals surface area contributed by atoms with Crippen LogP contribution in [0.5, 0.6) is 5.75 Å². The van der Waals surface area contributed by atoms with E-state index >= 15 is 0 Å². The Labute approximate surface area is 183 Å². The minimum Gasteiger partial charge on any atom is -0.492 e. The molecule has 0 atom stereocenters. The molecule has 1 amide bonds. The number of nitrogens with one attached hydrogen (secondary N) is 2. The molecule has 0 aliphatic rings. The van der Waals surface area contributed by atoms with Gasteiger partial charge in [-0.1, -0.05) is 6.07 Å². The minimum absolute atomic E-state index is 0.195. The SMILES string of the molecule is CCn1c(=O)/c(=C\Nc2cccc(OCCN(C)C)c2)s/c1=C(/C#N)C(=O)NCCF. The molecule has 166 valence electrons. The van der Waals surface area contributed by atoms with Gasteiger partial charge in [0, 0.05) is 37.6 Å². The largest absolute Gasteiger partial charge is 0.492 e. The van der Waals surface area contributed by atoms with E-state index < -0.39 is 12.6 Å². The lowest BCUT2D eigenvalue weighted by Gasteiger charge is -2.11. The van der Waals surface area contributed by atoms with Crippen molar-refractivity contribution in [1.29, 1.82) is 5.26 Å². The zero-order valence-electron chi connectivity index (χ0n) is 17.8. The zero-order chi connectivity index (χ0) is 22.8. The van der Waals surface area contributed by atoms with E-state index in [0.29, 0.717) is 16.9 Å². The molecule has 31 heavy (non-hydrogen) atoms. The summed E-state index contributed by atoms with van der Waals surface area (Å²) < 4.78 is 20.0. The Morgan fingerprint density at radius 3 is 2.84 bits per heavy atom. The molecule has 1 aromatic carbocycles. The number of carbonyl (C=O) groups is 1. The monoisotopic (exact) mass is 447 g/mol. The Balaban J connectivity index is 2.34. The van der Waals surface area contributed by atoms with Crippen molar-refractivity contribution in [3.63, 3.8) is 0 Å². The molecule has 2 N–H and O–H groups in total. The Bertz CT molecular complexity index is 1120. The third-order valence-electron chi connectivity index (χ3n) is 4.17. The summed E-state index contributed by atoms with van der Waals surface area (Å²) in [7, 11) is 3.93. The molecule has 2 rings (SSSR count). The van der Waals surface area contributed by atoms with Crippen molar-refractivity contribution in [2.24, 2.45) is 0 Å².